The van der Waals surface area contributed by atoms with Crippen molar-refractivity contribution in [1.29, 1.82) is 0 Å². The standard InChI is InChI=1S/C18H28N2O2/c1-17(2,3)18(11-7-8-12-20(18)16(21)22)14-19-13-15-9-5-4-6-10-15/h4-6,9-10,19H,7-8,11-14H2,1-3H3,(H,21,22). The zero-order valence-electron chi connectivity index (χ0n) is 13.9. The molecule has 1 amide bonds. The maximum Gasteiger partial charge on any atom is 0.407 e. The number of nitrogens with one attached hydrogen (secondary N) is 1. The molecule has 0 aliphatic carbocycles. The monoisotopic (exact) mass is 304 g/mol. The summed E-state index contributed by atoms with van der Waals surface area (Å²) in [5, 5.41) is 13.2. The number of rotatable bonds is 4. The second-order valence-electron chi connectivity index (χ2n) is 7.26. The molecular weight excluding hydrogens is 276 g/mol. The quantitative estimate of drug-likeness (QED) is 0.891. The van der Waals surface area contributed by atoms with Gasteiger partial charge >= 0.3 is 6.09 Å². The fourth-order valence-corrected chi connectivity index (χ4v) is 3.55. The third kappa shape index (κ3) is 3.43. The number of benzene rings is 1. The van der Waals surface area contributed by atoms with Crippen molar-refractivity contribution in [3.63, 3.8) is 0 Å². The van der Waals surface area contributed by atoms with E-state index in [-0.39, 0.29) is 11.0 Å². The molecule has 0 radical (unpaired) electrons. The number of carbonyl (C=O) groups is 1. The Bertz CT molecular complexity index is 496. The van der Waals surface area contributed by atoms with Crippen LogP contribution in [0.1, 0.15) is 45.6 Å². The average Bonchev–Trinajstić information content (AvgIpc) is 2.47. The zero-order chi connectivity index (χ0) is 16.2. The molecule has 4 nitrogen and oxygen atoms in total. The summed E-state index contributed by atoms with van der Waals surface area (Å²) in [6, 6.07) is 10.2. The Kier molecular flexibility index (Phi) is 5.12. The van der Waals surface area contributed by atoms with Crippen LogP contribution in [0.15, 0.2) is 30.3 Å². The summed E-state index contributed by atoms with van der Waals surface area (Å²) in [6.07, 6.45) is 2.18. The number of piperidine rings is 1. The number of likely N-dealkylation sites (tertiary alicyclic amines) is 1. The van der Waals surface area contributed by atoms with Crippen molar-refractivity contribution in [2.75, 3.05) is 13.1 Å². The van der Waals surface area contributed by atoms with Crippen LogP contribution in [-0.2, 0) is 6.54 Å². The van der Waals surface area contributed by atoms with E-state index in [0.29, 0.717) is 13.1 Å². The van der Waals surface area contributed by atoms with Crippen LogP contribution >= 0.6 is 0 Å². The van der Waals surface area contributed by atoms with E-state index in [1.165, 1.54) is 5.56 Å². The van der Waals surface area contributed by atoms with Gasteiger partial charge in [0.05, 0.1) is 5.54 Å². The van der Waals surface area contributed by atoms with Gasteiger partial charge in [0.2, 0.25) is 0 Å². The molecule has 1 fully saturated rings. The van der Waals surface area contributed by atoms with Gasteiger partial charge in [-0.3, -0.25) is 0 Å². The highest BCUT2D eigenvalue weighted by Gasteiger charge is 2.49. The third-order valence-corrected chi connectivity index (χ3v) is 4.96. The molecule has 1 aromatic rings. The molecule has 1 heterocycles. The van der Waals surface area contributed by atoms with Gasteiger partial charge in [-0.2, -0.15) is 0 Å². The molecule has 1 atom stereocenters. The number of amides is 1. The van der Waals surface area contributed by atoms with Crippen LogP contribution in [0.25, 0.3) is 0 Å². The summed E-state index contributed by atoms with van der Waals surface area (Å²) in [5.74, 6) is 0. The molecule has 0 saturated carbocycles. The highest BCUT2D eigenvalue weighted by Crippen LogP contribution is 2.42. The first-order chi connectivity index (χ1) is 10.4. The van der Waals surface area contributed by atoms with Crippen molar-refractivity contribution < 1.29 is 9.90 Å². The van der Waals surface area contributed by atoms with E-state index in [1.807, 2.05) is 18.2 Å². The molecule has 122 valence electrons. The molecule has 4 heteroatoms. The van der Waals surface area contributed by atoms with Gasteiger partial charge in [0, 0.05) is 19.6 Å². The van der Waals surface area contributed by atoms with E-state index in [4.69, 9.17) is 0 Å². The van der Waals surface area contributed by atoms with Crippen LogP contribution in [-0.4, -0.2) is 34.7 Å². The lowest BCUT2D eigenvalue weighted by Gasteiger charge is -2.54. The molecule has 22 heavy (non-hydrogen) atoms. The lowest BCUT2D eigenvalue weighted by Crippen LogP contribution is -2.65. The molecule has 2 N–H and O–H groups in total. The van der Waals surface area contributed by atoms with E-state index in [0.717, 1.165) is 25.8 Å². The summed E-state index contributed by atoms with van der Waals surface area (Å²) in [5.41, 5.74) is 0.783. The summed E-state index contributed by atoms with van der Waals surface area (Å²) in [4.78, 5) is 13.4. The number of carboxylic acid groups (broad SMARTS) is 1. The summed E-state index contributed by atoms with van der Waals surface area (Å²) >= 11 is 0. The first kappa shape index (κ1) is 16.8. The van der Waals surface area contributed by atoms with Crippen LogP contribution < -0.4 is 5.32 Å². The summed E-state index contributed by atoms with van der Waals surface area (Å²) < 4.78 is 0. The molecule has 1 aromatic carbocycles. The molecular formula is C18H28N2O2. The smallest absolute Gasteiger partial charge is 0.407 e. The van der Waals surface area contributed by atoms with Gasteiger partial charge in [-0.1, -0.05) is 51.1 Å². The molecule has 0 aromatic heterocycles. The predicted octanol–water partition coefficient (Wildman–Crippen LogP) is 3.73. The van der Waals surface area contributed by atoms with Crippen molar-refractivity contribution in [1.82, 2.24) is 10.2 Å². The van der Waals surface area contributed by atoms with Crippen molar-refractivity contribution >= 4 is 6.09 Å². The lowest BCUT2D eigenvalue weighted by molar-refractivity contribution is -0.0241. The minimum absolute atomic E-state index is 0.102. The highest BCUT2D eigenvalue weighted by molar-refractivity contribution is 5.66. The molecule has 1 aliphatic rings. The van der Waals surface area contributed by atoms with Crippen LogP contribution in [0.2, 0.25) is 0 Å². The highest BCUT2D eigenvalue weighted by atomic mass is 16.4. The Labute approximate surface area is 133 Å². The van der Waals surface area contributed by atoms with Crippen LogP contribution in [0, 0.1) is 5.41 Å². The molecule has 0 spiro atoms. The van der Waals surface area contributed by atoms with E-state index < -0.39 is 6.09 Å². The molecule has 1 aliphatic heterocycles. The van der Waals surface area contributed by atoms with Gasteiger partial charge in [-0.25, -0.2) is 4.79 Å². The van der Waals surface area contributed by atoms with Gasteiger partial charge in [-0.15, -0.1) is 0 Å². The molecule has 1 saturated heterocycles. The fraction of sp³-hybridized carbons (Fsp3) is 0.611. The third-order valence-electron chi connectivity index (χ3n) is 4.96. The maximum absolute atomic E-state index is 11.7. The minimum atomic E-state index is -0.795. The topological polar surface area (TPSA) is 52.6 Å². The number of hydrogen-bond donors (Lipinski definition) is 2. The average molecular weight is 304 g/mol. The summed E-state index contributed by atoms with van der Waals surface area (Å²) in [7, 11) is 0. The van der Waals surface area contributed by atoms with Crippen molar-refractivity contribution in [2.24, 2.45) is 5.41 Å². The molecule has 1 unspecified atom stereocenters. The fourth-order valence-electron chi connectivity index (χ4n) is 3.55. The first-order valence-corrected chi connectivity index (χ1v) is 8.12. The molecule has 2 rings (SSSR count). The minimum Gasteiger partial charge on any atom is -0.465 e. The van der Waals surface area contributed by atoms with Crippen LogP contribution in [0.4, 0.5) is 4.79 Å². The summed E-state index contributed by atoms with van der Waals surface area (Å²) in [6.45, 7) is 8.55. The van der Waals surface area contributed by atoms with Crippen LogP contribution in [0.3, 0.4) is 0 Å². The van der Waals surface area contributed by atoms with E-state index in [2.05, 4.69) is 38.2 Å². The zero-order valence-corrected chi connectivity index (χ0v) is 13.9. The van der Waals surface area contributed by atoms with Gasteiger partial charge in [0.1, 0.15) is 0 Å². The van der Waals surface area contributed by atoms with E-state index in [1.54, 1.807) is 4.90 Å². The Morgan fingerprint density at radius 3 is 2.55 bits per heavy atom. The number of nitrogens with zero attached hydrogens (tertiary/aromatic N) is 1. The molecule has 0 bridgehead atoms. The first-order valence-electron chi connectivity index (χ1n) is 8.12. The van der Waals surface area contributed by atoms with Crippen molar-refractivity contribution in [3.8, 4) is 0 Å². The Balaban J connectivity index is 2.13. The lowest BCUT2D eigenvalue weighted by atomic mass is 9.67. The van der Waals surface area contributed by atoms with Crippen molar-refractivity contribution in [2.45, 2.75) is 52.1 Å². The van der Waals surface area contributed by atoms with Gasteiger partial charge in [0.25, 0.3) is 0 Å². The van der Waals surface area contributed by atoms with Crippen LogP contribution in [0.5, 0.6) is 0 Å². The largest absolute Gasteiger partial charge is 0.465 e. The van der Waals surface area contributed by atoms with E-state index in [9.17, 15) is 9.90 Å². The Hall–Kier alpha value is -1.55. The van der Waals surface area contributed by atoms with Gasteiger partial charge < -0.3 is 15.3 Å². The second kappa shape index (κ2) is 6.69. The van der Waals surface area contributed by atoms with Gasteiger partial charge in [0.15, 0.2) is 0 Å². The maximum atomic E-state index is 11.7. The predicted molar refractivity (Wildman–Crippen MR) is 88.9 cm³/mol. The van der Waals surface area contributed by atoms with Crippen molar-refractivity contribution in [3.05, 3.63) is 35.9 Å². The Morgan fingerprint density at radius 2 is 1.95 bits per heavy atom. The van der Waals surface area contributed by atoms with E-state index >= 15 is 0 Å². The Morgan fingerprint density at radius 1 is 1.27 bits per heavy atom. The normalized spacial score (nSPS) is 22.6. The number of hydrogen-bond acceptors (Lipinski definition) is 2. The van der Waals surface area contributed by atoms with Gasteiger partial charge in [-0.05, 0) is 30.2 Å². The second-order valence-corrected chi connectivity index (χ2v) is 7.26. The SMILES string of the molecule is CC(C)(C)C1(CNCc2ccccc2)CCCCN1C(=O)O.